The number of phenols is 1. The zero-order valence-corrected chi connectivity index (χ0v) is 12.4. The van der Waals surface area contributed by atoms with Crippen LogP contribution in [0.15, 0.2) is 18.2 Å². The smallest absolute Gasteiger partial charge is 0.115 e. The van der Waals surface area contributed by atoms with Crippen LogP contribution in [-0.2, 0) is 6.42 Å². The summed E-state index contributed by atoms with van der Waals surface area (Å²) in [5.41, 5.74) is 2.72. The molecule has 0 saturated carbocycles. The molecule has 0 aromatic heterocycles. The minimum absolute atomic E-state index is 0.396. The van der Waals surface area contributed by atoms with Gasteiger partial charge in [-0.2, -0.15) is 0 Å². The van der Waals surface area contributed by atoms with E-state index in [9.17, 15) is 5.11 Å². The second-order valence-corrected chi connectivity index (χ2v) is 6.37. The van der Waals surface area contributed by atoms with Gasteiger partial charge in [-0.1, -0.05) is 12.5 Å². The lowest BCUT2D eigenvalue weighted by Gasteiger charge is -2.35. The Kier molecular flexibility index (Phi) is 4.27. The van der Waals surface area contributed by atoms with Gasteiger partial charge < -0.3 is 15.3 Å². The third kappa shape index (κ3) is 2.99. The van der Waals surface area contributed by atoms with Crippen molar-refractivity contribution in [3.63, 3.8) is 0 Å². The Morgan fingerprint density at radius 1 is 1.25 bits per heavy atom. The summed E-state index contributed by atoms with van der Waals surface area (Å²) >= 11 is 0. The summed E-state index contributed by atoms with van der Waals surface area (Å²) < 4.78 is 0. The van der Waals surface area contributed by atoms with Gasteiger partial charge in [-0.05, 0) is 69.0 Å². The van der Waals surface area contributed by atoms with Crippen molar-refractivity contribution in [1.29, 1.82) is 0 Å². The number of hydrogen-bond acceptors (Lipinski definition) is 3. The molecule has 3 rings (SSSR count). The van der Waals surface area contributed by atoms with Crippen molar-refractivity contribution in [2.75, 3.05) is 20.1 Å². The summed E-state index contributed by atoms with van der Waals surface area (Å²) in [4.78, 5) is 2.49. The quantitative estimate of drug-likeness (QED) is 0.889. The number of benzene rings is 1. The number of rotatable bonds is 3. The third-order valence-electron chi connectivity index (χ3n) is 4.97. The number of piperidine rings is 1. The standard InChI is InChI=1S/C17H26N2O/c1-19-10-3-2-6-14(19)12-18-17-7-4-5-13-8-9-15(20)11-16(13)17/h8-9,11,14,17-18,20H,2-7,10,12H2,1H3. The first kappa shape index (κ1) is 13.9. The molecule has 2 aliphatic rings. The molecule has 3 heteroatoms. The zero-order valence-electron chi connectivity index (χ0n) is 12.4. The van der Waals surface area contributed by atoms with E-state index in [1.54, 1.807) is 0 Å². The molecule has 0 bridgehead atoms. The number of nitrogens with zero attached hydrogens (tertiary/aromatic N) is 1. The number of nitrogens with one attached hydrogen (secondary N) is 1. The molecule has 0 radical (unpaired) electrons. The maximum Gasteiger partial charge on any atom is 0.115 e. The molecular formula is C17H26N2O. The van der Waals surface area contributed by atoms with E-state index in [2.05, 4.69) is 23.3 Å². The molecule has 1 saturated heterocycles. The Morgan fingerprint density at radius 2 is 2.15 bits per heavy atom. The predicted octanol–water partition coefficient (Wildman–Crippen LogP) is 2.84. The van der Waals surface area contributed by atoms with Gasteiger partial charge in [-0.25, -0.2) is 0 Å². The Balaban J connectivity index is 1.65. The molecule has 1 aliphatic heterocycles. The van der Waals surface area contributed by atoms with Gasteiger partial charge in [0.15, 0.2) is 0 Å². The fourth-order valence-electron chi connectivity index (χ4n) is 3.68. The summed E-state index contributed by atoms with van der Waals surface area (Å²) in [6, 6.07) is 6.95. The van der Waals surface area contributed by atoms with Gasteiger partial charge in [0.2, 0.25) is 0 Å². The summed E-state index contributed by atoms with van der Waals surface area (Å²) in [5.74, 6) is 0.396. The van der Waals surface area contributed by atoms with Crippen LogP contribution in [0.1, 0.15) is 49.3 Å². The van der Waals surface area contributed by atoms with E-state index in [4.69, 9.17) is 0 Å². The van der Waals surface area contributed by atoms with Gasteiger partial charge in [0.1, 0.15) is 5.75 Å². The molecule has 0 spiro atoms. The fourth-order valence-corrected chi connectivity index (χ4v) is 3.68. The number of fused-ring (bicyclic) bond motifs is 1. The molecule has 110 valence electrons. The van der Waals surface area contributed by atoms with Gasteiger partial charge in [0.25, 0.3) is 0 Å². The van der Waals surface area contributed by atoms with Crippen molar-refractivity contribution in [3.8, 4) is 5.75 Å². The number of phenolic OH excluding ortho intramolecular Hbond substituents is 1. The Labute approximate surface area is 122 Å². The van der Waals surface area contributed by atoms with E-state index >= 15 is 0 Å². The third-order valence-corrected chi connectivity index (χ3v) is 4.97. The molecule has 1 aromatic rings. The average molecular weight is 274 g/mol. The highest BCUT2D eigenvalue weighted by Gasteiger charge is 2.23. The first-order valence-electron chi connectivity index (χ1n) is 7.99. The van der Waals surface area contributed by atoms with E-state index < -0.39 is 0 Å². The second kappa shape index (κ2) is 6.15. The van der Waals surface area contributed by atoms with Crippen LogP contribution in [0.25, 0.3) is 0 Å². The van der Waals surface area contributed by atoms with Crippen molar-refractivity contribution < 1.29 is 5.11 Å². The van der Waals surface area contributed by atoms with Gasteiger partial charge >= 0.3 is 0 Å². The highest BCUT2D eigenvalue weighted by Crippen LogP contribution is 2.32. The molecule has 1 fully saturated rings. The molecule has 1 heterocycles. The number of aryl methyl sites for hydroxylation is 1. The molecule has 1 aliphatic carbocycles. The molecular weight excluding hydrogens is 248 g/mol. The van der Waals surface area contributed by atoms with Crippen LogP contribution in [-0.4, -0.2) is 36.2 Å². The summed E-state index contributed by atoms with van der Waals surface area (Å²) in [5, 5.41) is 13.5. The van der Waals surface area contributed by atoms with Crippen LogP contribution in [0.4, 0.5) is 0 Å². The SMILES string of the molecule is CN1CCCCC1CNC1CCCc2ccc(O)cc21. The van der Waals surface area contributed by atoms with Crippen LogP contribution < -0.4 is 5.32 Å². The topological polar surface area (TPSA) is 35.5 Å². The van der Waals surface area contributed by atoms with Crippen LogP contribution in [0.2, 0.25) is 0 Å². The molecule has 2 N–H and O–H groups in total. The maximum atomic E-state index is 9.73. The van der Waals surface area contributed by atoms with Crippen molar-refractivity contribution in [3.05, 3.63) is 29.3 Å². The minimum atomic E-state index is 0.396. The fraction of sp³-hybridized carbons (Fsp3) is 0.647. The van der Waals surface area contributed by atoms with E-state index in [0.29, 0.717) is 17.8 Å². The minimum Gasteiger partial charge on any atom is -0.508 e. The number of likely N-dealkylation sites (tertiary alicyclic amines) is 1. The lowest BCUT2D eigenvalue weighted by molar-refractivity contribution is 0.176. The summed E-state index contributed by atoms with van der Waals surface area (Å²) in [6.07, 6.45) is 7.59. The van der Waals surface area contributed by atoms with Gasteiger partial charge in [-0.15, -0.1) is 0 Å². The maximum absolute atomic E-state index is 9.73. The van der Waals surface area contributed by atoms with E-state index in [1.165, 1.54) is 49.8 Å². The molecule has 2 unspecified atom stereocenters. The lowest BCUT2D eigenvalue weighted by Crippen LogP contribution is -2.44. The Hall–Kier alpha value is -1.06. The van der Waals surface area contributed by atoms with E-state index in [0.717, 1.165) is 13.0 Å². The highest BCUT2D eigenvalue weighted by molar-refractivity contribution is 5.38. The average Bonchev–Trinajstić information content (AvgIpc) is 2.46. The van der Waals surface area contributed by atoms with Gasteiger partial charge in [0, 0.05) is 18.6 Å². The largest absolute Gasteiger partial charge is 0.508 e. The normalized spacial score (nSPS) is 27.2. The van der Waals surface area contributed by atoms with Gasteiger partial charge in [0.05, 0.1) is 0 Å². The second-order valence-electron chi connectivity index (χ2n) is 6.37. The van der Waals surface area contributed by atoms with Crippen LogP contribution >= 0.6 is 0 Å². The highest BCUT2D eigenvalue weighted by atomic mass is 16.3. The first-order chi connectivity index (χ1) is 9.74. The monoisotopic (exact) mass is 274 g/mol. The molecule has 2 atom stereocenters. The summed E-state index contributed by atoms with van der Waals surface area (Å²) in [7, 11) is 2.24. The first-order valence-corrected chi connectivity index (χ1v) is 7.99. The molecule has 3 nitrogen and oxygen atoms in total. The summed E-state index contributed by atoms with van der Waals surface area (Å²) in [6.45, 7) is 2.30. The number of aromatic hydroxyl groups is 1. The lowest BCUT2D eigenvalue weighted by atomic mass is 9.87. The number of hydrogen-bond donors (Lipinski definition) is 2. The Bertz CT molecular complexity index is 460. The molecule has 0 amide bonds. The van der Waals surface area contributed by atoms with Crippen LogP contribution in [0.5, 0.6) is 5.75 Å². The predicted molar refractivity (Wildman–Crippen MR) is 82.1 cm³/mol. The molecule has 20 heavy (non-hydrogen) atoms. The van der Waals surface area contributed by atoms with Crippen molar-refractivity contribution >= 4 is 0 Å². The zero-order chi connectivity index (χ0) is 13.9. The van der Waals surface area contributed by atoms with E-state index in [-0.39, 0.29) is 0 Å². The van der Waals surface area contributed by atoms with E-state index in [1.807, 2.05) is 12.1 Å². The van der Waals surface area contributed by atoms with Crippen LogP contribution in [0, 0.1) is 0 Å². The van der Waals surface area contributed by atoms with Crippen molar-refractivity contribution in [1.82, 2.24) is 10.2 Å². The number of likely N-dealkylation sites (N-methyl/N-ethyl adjacent to an activating group) is 1. The van der Waals surface area contributed by atoms with Crippen molar-refractivity contribution in [2.45, 2.75) is 50.6 Å². The van der Waals surface area contributed by atoms with Crippen molar-refractivity contribution in [2.24, 2.45) is 0 Å². The van der Waals surface area contributed by atoms with Crippen LogP contribution in [0.3, 0.4) is 0 Å². The Morgan fingerprint density at radius 3 is 3.00 bits per heavy atom. The molecule has 1 aromatic carbocycles. The van der Waals surface area contributed by atoms with Gasteiger partial charge in [-0.3, -0.25) is 0 Å².